The summed E-state index contributed by atoms with van der Waals surface area (Å²) in [5, 5.41) is 11.1. The molecule has 1 aliphatic rings. The molecule has 26 heavy (non-hydrogen) atoms. The molecule has 1 unspecified atom stereocenters. The Balaban J connectivity index is 2.14. The molecule has 5 atom stereocenters. The molecule has 3 N–H and O–H groups in total. The Morgan fingerprint density at radius 2 is 2.12 bits per heavy atom. The summed E-state index contributed by atoms with van der Waals surface area (Å²) in [6, 6.07) is 0. The Morgan fingerprint density at radius 3 is 2.73 bits per heavy atom. The van der Waals surface area contributed by atoms with Gasteiger partial charge in [-0.05, 0) is 20.8 Å². The van der Waals surface area contributed by atoms with Crippen molar-refractivity contribution in [1.82, 2.24) is 19.5 Å². The summed E-state index contributed by atoms with van der Waals surface area (Å²) < 4.78 is 45.5. The van der Waals surface area contributed by atoms with E-state index in [2.05, 4.69) is 15.0 Å². The number of nitrogen functional groups attached to an aromatic ring is 1. The van der Waals surface area contributed by atoms with E-state index in [9.17, 15) is 5.11 Å². The van der Waals surface area contributed by atoms with Gasteiger partial charge in [0.15, 0.2) is 17.4 Å². The van der Waals surface area contributed by atoms with Crippen molar-refractivity contribution in [3.05, 3.63) is 5.82 Å². The lowest BCUT2D eigenvalue weighted by molar-refractivity contribution is -0.133. The molecule has 0 saturated carbocycles. The van der Waals surface area contributed by atoms with Gasteiger partial charge in [0.2, 0.25) is 11.8 Å². The quantitative estimate of drug-likeness (QED) is 0.770. The summed E-state index contributed by atoms with van der Waals surface area (Å²) in [5.41, 5.74) is 4.93. The molecule has 3 rings (SSSR count). The fraction of sp³-hybridized carbons (Fsp3) is 0.688. The molecule has 2 aromatic heterocycles. The molecule has 0 radical (unpaired) electrons. The fourth-order valence-electron chi connectivity index (χ4n) is 3.40. The van der Waals surface area contributed by atoms with Crippen LogP contribution in [-0.4, -0.2) is 69.8 Å². The molecule has 10 nitrogen and oxygen atoms in total. The normalized spacial score (nSPS) is 32.2. The molecule has 0 spiro atoms. The highest BCUT2D eigenvalue weighted by Gasteiger charge is 2.57. The second-order valence-electron chi connectivity index (χ2n) is 6.41. The topological polar surface area (TPSA) is 127 Å². The van der Waals surface area contributed by atoms with Crippen LogP contribution < -0.4 is 10.5 Å². The number of aliphatic hydroxyl groups is 1. The van der Waals surface area contributed by atoms with Crippen LogP contribution in [0.4, 0.5) is 5.95 Å². The summed E-state index contributed by atoms with van der Waals surface area (Å²) >= 11 is 0. The smallest absolute Gasteiger partial charge is 0.246 e. The Labute approximate surface area is 155 Å². The zero-order chi connectivity index (χ0) is 21.7. The van der Waals surface area contributed by atoms with E-state index in [0.29, 0.717) is 5.82 Å². The van der Waals surface area contributed by atoms with Crippen LogP contribution in [0.1, 0.15) is 30.0 Å². The van der Waals surface area contributed by atoms with Crippen LogP contribution >= 0.6 is 0 Å². The van der Waals surface area contributed by atoms with Crippen LogP contribution in [0.5, 0.6) is 5.88 Å². The molecule has 0 amide bonds. The van der Waals surface area contributed by atoms with Crippen molar-refractivity contribution in [3.63, 3.8) is 0 Å². The number of fused-ring (bicyclic) bond motifs is 1. The zero-order valence-corrected chi connectivity index (χ0v) is 15.3. The van der Waals surface area contributed by atoms with E-state index in [1.807, 2.05) is 0 Å². The van der Waals surface area contributed by atoms with E-state index in [-0.39, 0.29) is 29.1 Å². The van der Waals surface area contributed by atoms with Crippen LogP contribution in [0.2, 0.25) is 0 Å². The summed E-state index contributed by atoms with van der Waals surface area (Å²) in [6.07, 6.45) is -3.05. The van der Waals surface area contributed by atoms with E-state index in [4.69, 9.17) is 28.8 Å². The Bertz CT molecular complexity index is 907. The van der Waals surface area contributed by atoms with Crippen LogP contribution in [0, 0.1) is 6.92 Å². The third-order valence-corrected chi connectivity index (χ3v) is 5.00. The molecule has 10 heteroatoms. The van der Waals surface area contributed by atoms with Crippen molar-refractivity contribution in [1.29, 1.82) is 0 Å². The van der Waals surface area contributed by atoms with Crippen molar-refractivity contribution >= 4 is 17.1 Å². The first-order valence-electron chi connectivity index (χ1n) is 9.55. The number of hydrogen-bond donors (Lipinski definition) is 2. The van der Waals surface area contributed by atoms with Crippen molar-refractivity contribution < 1.29 is 28.2 Å². The number of aliphatic hydroxyl groups excluding tert-OH is 1. The zero-order valence-electron chi connectivity index (χ0n) is 18.3. The number of methoxy groups -OCH3 is 3. The Morgan fingerprint density at radius 1 is 1.38 bits per heavy atom. The molecule has 0 aliphatic carbocycles. The Kier molecular flexibility index (Phi) is 3.84. The minimum Gasteiger partial charge on any atom is -0.479 e. The maximum Gasteiger partial charge on any atom is 0.246 e. The molecule has 2 aromatic rings. The molecule has 0 bridgehead atoms. The minimum absolute atomic E-state index is 0.0889. The van der Waals surface area contributed by atoms with Gasteiger partial charge in [0, 0.05) is 14.2 Å². The fourth-order valence-corrected chi connectivity index (χ4v) is 3.40. The lowest BCUT2D eigenvalue weighted by atomic mass is 9.91. The average Bonchev–Trinajstić information content (AvgIpc) is 3.08. The molecule has 1 fully saturated rings. The number of hydrogen-bond acceptors (Lipinski definition) is 9. The van der Waals surface area contributed by atoms with Gasteiger partial charge >= 0.3 is 0 Å². The highest BCUT2D eigenvalue weighted by Crippen LogP contribution is 2.43. The third kappa shape index (κ3) is 2.60. The number of nitrogens with zero attached hydrogens (tertiary/aromatic N) is 4. The monoisotopic (exact) mass is 370 g/mol. The highest BCUT2D eigenvalue weighted by molar-refractivity contribution is 5.78. The highest BCUT2D eigenvalue weighted by atomic mass is 16.6. The molecule has 1 aliphatic heterocycles. The SMILES string of the molecule is [2H]C([2H])([2H])Oc1nc(N)nc2c1nc(C)n2[C@@H]1O[C@H](C(C)OC)[C@@](C)(OC)[C@@H]1O. The van der Waals surface area contributed by atoms with Crippen molar-refractivity contribution in [3.8, 4) is 5.88 Å². The Hall–Kier alpha value is -2.01. The average molecular weight is 370 g/mol. The molecule has 3 heterocycles. The van der Waals surface area contributed by atoms with Crippen LogP contribution in [0.3, 0.4) is 0 Å². The largest absolute Gasteiger partial charge is 0.479 e. The summed E-state index contributed by atoms with van der Waals surface area (Å²) in [4.78, 5) is 12.3. The van der Waals surface area contributed by atoms with E-state index < -0.39 is 31.1 Å². The number of nitrogens with two attached hydrogens (primary N) is 1. The van der Waals surface area contributed by atoms with Gasteiger partial charge in [0.05, 0.1) is 17.3 Å². The first kappa shape index (κ1) is 15.1. The molecule has 0 aromatic carbocycles. The number of rotatable bonds is 5. The number of anilines is 1. The van der Waals surface area contributed by atoms with Gasteiger partial charge in [0.1, 0.15) is 23.6 Å². The van der Waals surface area contributed by atoms with Gasteiger partial charge in [-0.15, -0.1) is 0 Å². The van der Waals surface area contributed by atoms with E-state index >= 15 is 0 Å². The second-order valence-corrected chi connectivity index (χ2v) is 6.41. The third-order valence-electron chi connectivity index (χ3n) is 5.00. The van der Waals surface area contributed by atoms with Gasteiger partial charge in [-0.2, -0.15) is 9.97 Å². The van der Waals surface area contributed by atoms with Crippen LogP contribution in [-0.2, 0) is 14.2 Å². The predicted octanol–water partition coefficient (Wildman–Crippen LogP) is 0.424. The number of imidazole rings is 1. The van der Waals surface area contributed by atoms with Crippen molar-refractivity contribution in [2.45, 2.75) is 50.9 Å². The van der Waals surface area contributed by atoms with E-state index in [1.165, 1.54) is 18.8 Å². The molecule has 1 saturated heterocycles. The molecular formula is C16H25N5O5. The molecular weight excluding hydrogens is 342 g/mol. The molecule has 144 valence electrons. The van der Waals surface area contributed by atoms with Crippen LogP contribution in [0.25, 0.3) is 11.2 Å². The van der Waals surface area contributed by atoms with Gasteiger partial charge < -0.3 is 29.8 Å². The van der Waals surface area contributed by atoms with Crippen molar-refractivity contribution in [2.75, 3.05) is 27.0 Å². The lowest BCUT2D eigenvalue weighted by Crippen LogP contribution is -2.50. The maximum atomic E-state index is 11.1. The van der Waals surface area contributed by atoms with E-state index in [1.54, 1.807) is 20.8 Å². The first-order valence-corrected chi connectivity index (χ1v) is 8.05. The van der Waals surface area contributed by atoms with Gasteiger partial charge in [-0.3, -0.25) is 4.57 Å². The number of aryl methyl sites for hydroxylation is 1. The second kappa shape index (κ2) is 6.62. The number of ether oxygens (including phenoxy) is 4. The van der Waals surface area contributed by atoms with Gasteiger partial charge in [-0.1, -0.05) is 0 Å². The summed E-state index contributed by atoms with van der Waals surface area (Å²) in [6.45, 7) is 5.18. The predicted molar refractivity (Wildman–Crippen MR) is 92.8 cm³/mol. The first-order chi connectivity index (χ1) is 13.4. The summed E-state index contributed by atoms with van der Waals surface area (Å²) in [5.74, 6) is -0.0941. The summed E-state index contributed by atoms with van der Waals surface area (Å²) in [7, 11) is 0.266. The van der Waals surface area contributed by atoms with E-state index in [0.717, 1.165) is 0 Å². The van der Waals surface area contributed by atoms with Crippen LogP contribution in [0.15, 0.2) is 0 Å². The standard InChI is InChI=1S/C16H25N5O5/c1-7(23-4)11-16(3,25-6)10(22)14(26-11)21-8(2)18-9-12(21)19-15(17)20-13(9)24-5/h7,10-11,14,22H,1-6H3,(H2,17,19,20)/t7?,10-,11-,14-,16+/m1/s1/i5D3. The van der Waals surface area contributed by atoms with Gasteiger partial charge in [-0.25, -0.2) is 4.98 Å². The maximum absolute atomic E-state index is 11.1. The lowest BCUT2D eigenvalue weighted by Gasteiger charge is -2.33. The minimum atomic E-state index is -2.75. The van der Waals surface area contributed by atoms with Gasteiger partial charge in [0.25, 0.3) is 0 Å². The van der Waals surface area contributed by atoms with Crippen molar-refractivity contribution in [2.24, 2.45) is 0 Å². The number of aromatic nitrogens is 4.